The molecule has 114 valence electrons. The van der Waals surface area contributed by atoms with Gasteiger partial charge in [-0.3, -0.25) is 0 Å². The Bertz CT molecular complexity index is 576. The van der Waals surface area contributed by atoms with Gasteiger partial charge >= 0.3 is 0 Å². The number of hydrogen-bond donors (Lipinski definition) is 1. The minimum Gasteiger partial charge on any atom is -0.309 e. The van der Waals surface area contributed by atoms with Gasteiger partial charge in [0.1, 0.15) is 5.82 Å². The third-order valence-electron chi connectivity index (χ3n) is 3.64. The second-order valence-electron chi connectivity index (χ2n) is 5.46. The van der Waals surface area contributed by atoms with Gasteiger partial charge in [0.05, 0.1) is 0 Å². The third-order valence-corrected chi connectivity index (χ3v) is 4.87. The van der Waals surface area contributed by atoms with Crippen LogP contribution in [0.4, 0.5) is 4.39 Å². The van der Waals surface area contributed by atoms with E-state index in [1.807, 2.05) is 24.3 Å². The van der Waals surface area contributed by atoms with E-state index < -0.39 is 0 Å². The first-order valence-electron chi connectivity index (χ1n) is 7.75. The Balaban J connectivity index is 2.22. The molecule has 1 aromatic carbocycles. The van der Waals surface area contributed by atoms with Crippen molar-refractivity contribution in [2.45, 2.75) is 46.1 Å². The summed E-state index contributed by atoms with van der Waals surface area (Å²) < 4.78 is 13.2. The molecule has 0 aliphatic rings. The highest BCUT2D eigenvalue weighted by Gasteiger charge is 2.14. The second kappa shape index (κ2) is 7.71. The van der Waals surface area contributed by atoms with Crippen LogP contribution in [0, 0.1) is 12.7 Å². The minimum absolute atomic E-state index is 0.165. The highest BCUT2D eigenvalue weighted by atomic mass is 32.1. The van der Waals surface area contributed by atoms with Crippen molar-refractivity contribution in [1.82, 2.24) is 5.32 Å². The fourth-order valence-corrected chi connectivity index (χ4v) is 3.75. The maximum atomic E-state index is 13.2. The average molecular weight is 305 g/mol. The number of thiophene rings is 1. The second-order valence-corrected chi connectivity index (χ2v) is 6.57. The average Bonchev–Trinajstić information content (AvgIpc) is 2.93. The van der Waals surface area contributed by atoms with Crippen molar-refractivity contribution in [2.75, 3.05) is 6.54 Å². The van der Waals surface area contributed by atoms with E-state index in [1.165, 1.54) is 16.2 Å². The summed E-state index contributed by atoms with van der Waals surface area (Å²) in [4.78, 5) is 2.60. The van der Waals surface area contributed by atoms with E-state index in [0.717, 1.165) is 30.5 Å². The van der Waals surface area contributed by atoms with Crippen molar-refractivity contribution in [3.8, 4) is 10.4 Å². The van der Waals surface area contributed by atoms with Crippen LogP contribution in [-0.4, -0.2) is 6.54 Å². The first-order valence-corrected chi connectivity index (χ1v) is 8.57. The third kappa shape index (κ3) is 4.14. The van der Waals surface area contributed by atoms with E-state index in [1.54, 1.807) is 12.1 Å². The van der Waals surface area contributed by atoms with E-state index in [-0.39, 0.29) is 5.82 Å². The Kier molecular flexibility index (Phi) is 5.95. The molecule has 1 heterocycles. The first-order chi connectivity index (χ1) is 10.2. The van der Waals surface area contributed by atoms with Crippen molar-refractivity contribution >= 4 is 11.3 Å². The van der Waals surface area contributed by atoms with Gasteiger partial charge in [0.25, 0.3) is 0 Å². The minimum atomic E-state index is -0.165. The summed E-state index contributed by atoms with van der Waals surface area (Å²) in [5.74, 6) is -0.165. The number of hydrogen-bond acceptors (Lipinski definition) is 2. The van der Waals surface area contributed by atoms with Gasteiger partial charge in [-0.1, -0.05) is 26.3 Å². The maximum absolute atomic E-state index is 13.2. The van der Waals surface area contributed by atoms with Crippen LogP contribution < -0.4 is 5.32 Å². The van der Waals surface area contributed by atoms with Crippen LogP contribution in [0.3, 0.4) is 0 Å². The number of halogens is 1. The van der Waals surface area contributed by atoms with Crippen LogP contribution in [0.2, 0.25) is 0 Å². The van der Waals surface area contributed by atoms with Crippen LogP contribution in [-0.2, 0) is 0 Å². The normalized spacial score (nSPS) is 12.6. The molecule has 2 rings (SSSR count). The molecular formula is C18H24FNS. The summed E-state index contributed by atoms with van der Waals surface area (Å²) in [5, 5.41) is 3.63. The molecule has 0 saturated heterocycles. The van der Waals surface area contributed by atoms with E-state index in [9.17, 15) is 4.39 Å². The molecule has 0 radical (unpaired) electrons. The Morgan fingerprint density at radius 1 is 1.14 bits per heavy atom. The van der Waals surface area contributed by atoms with E-state index >= 15 is 0 Å². The predicted molar refractivity (Wildman–Crippen MR) is 90.4 cm³/mol. The summed E-state index contributed by atoms with van der Waals surface area (Å²) in [7, 11) is 0. The number of rotatable bonds is 7. The fraction of sp³-hybridized carbons (Fsp3) is 0.444. The lowest BCUT2D eigenvalue weighted by Gasteiger charge is -2.16. The highest BCUT2D eigenvalue weighted by molar-refractivity contribution is 7.15. The van der Waals surface area contributed by atoms with Gasteiger partial charge in [-0.15, -0.1) is 11.3 Å². The Labute approximate surface area is 131 Å². The monoisotopic (exact) mass is 305 g/mol. The molecule has 3 heteroatoms. The summed E-state index contributed by atoms with van der Waals surface area (Å²) in [6, 6.07) is 9.85. The highest BCUT2D eigenvalue weighted by Crippen LogP contribution is 2.34. The number of nitrogens with one attached hydrogen (secondary N) is 1. The lowest BCUT2D eigenvalue weighted by atomic mass is 10.1. The predicted octanol–water partition coefficient (Wildman–Crippen LogP) is 5.70. The fourth-order valence-electron chi connectivity index (χ4n) is 2.54. The molecule has 1 nitrogen and oxygen atoms in total. The molecule has 0 saturated carbocycles. The molecule has 0 aliphatic heterocycles. The summed E-state index contributed by atoms with van der Waals surface area (Å²) in [6.45, 7) is 7.43. The molecule has 0 amide bonds. The Hall–Kier alpha value is -1.19. The van der Waals surface area contributed by atoms with Gasteiger partial charge in [0, 0.05) is 15.8 Å². The summed E-state index contributed by atoms with van der Waals surface area (Å²) in [6.07, 6.45) is 3.47. The molecule has 0 fully saturated rings. The molecular weight excluding hydrogens is 281 g/mol. The van der Waals surface area contributed by atoms with Crippen molar-refractivity contribution in [1.29, 1.82) is 0 Å². The Morgan fingerprint density at radius 2 is 1.95 bits per heavy atom. The molecule has 1 aromatic heterocycles. The zero-order valence-electron chi connectivity index (χ0n) is 13.1. The zero-order valence-corrected chi connectivity index (χ0v) is 13.9. The van der Waals surface area contributed by atoms with Crippen LogP contribution in [0.25, 0.3) is 10.4 Å². The number of aryl methyl sites for hydroxylation is 1. The smallest absolute Gasteiger partial charge is 0.123 e. The largest absolute Gasteiger partial charge is 0.309 e. The van der Waals surface area contributed by atoms with Gasteiger partial charge in [-0.05, 0) is 61.7 Å². The molecule has 0 spiro atoms. The Morgan fingerprint density at radius 3 is 2.62 bits per heavy atom. The zero-order chi connectivity index (χ0) is 15.2. The van der Waals surface area contributed by atoms with E-state index in [4.69, 9.17) is 0 Å². The van der Waals surface area contributed by atoms with Crippen LogP contribution >= 0.6 is 11.3 Å². The van der Waals surface area contributed by atoms with Crippen molar-refractivity contribution in [3.05, 3.63) is 46.6 Å². The topological polar surface area (TPSA) is 12.0 Å². The van der Waals surface area contributed by atoms with E-state index in [0.29, 0.717) is 6.04 Å². The van der Waals surface area contributed by atoms with E-state index in [2.05, 4.69) is 31.3 Å². The first kappa shape index (κ1) is 16.2. The number of benzene rings is 1. The summed E-state index contributed by atoms with van der Waals surface area (Å²) >= 11 is 1.82. The van der Waals surface area contributed by atoms with Crippen LogP contribution in [0.1, 0.15) is 49.6 Å². The molecule has 1 unspecified atom stereocenters. The van der Waals surface area contributed by atoms with Gasteiger partial charge < -0.3 is 5.32 Å². The van der Waals surface area contributed by atoms with Gasteiger partial charge in [-0.25, -0.2) is 4.39 Å². The quantitative estimate of drug-likeness (QED) is 0.691. The summed E-state index contributed by atoms with van der Waals surface area (Å²) in [5.41, 5.74) is 2.13. The van der Waals surface area contributed by atoms with Gasteiger partial charge in [0.2, 0.25) is 0 Å². The van der Waals surface area contributed by atoms with Gasteiger partial charge in [-0.2, -0.15) is 0 Å². The molecule has 2 aromatic rings. The van der Waals surface area contributed by atoms with Crippen LogP contribution in [0.15, 0.2) is 30.3 Å². The molecule has 1 N–H and O–H groups in total. The molecule has 21 heavy (non-hydrogen) atoms. The van der Waals surface area contributed by atoms with Crippen molar-refractivity contribution in [3.63, 3.8) is 0 Å². The van der Waals surface area contributed by atoms with Crippen LogP contribution in [0.5, 0.6) is 0 Å². The van der Waals surface area contributed by atoms with Gasteiger partial charge in [0.15, 0.2) is 0 Å². The molecule has 0 aliphatic carbocycles. The van der Waals surface area contributed by atoms with Crippen molar-refractivity contribution < 1.29 is 4.39 Å². The standard InChI is InChI=1S/C18H24FNS/c1-4-6-16(20-11-5-2)18-10-9-17(21-18)15-8-7-14(19)12-13(15)3/h7-10,12,16,20H,4-6,11H2,1-3H3. The molecule has 1 atom stereocenters. The lowest BCUT2D eigenvalue weighted by molar-refractivity contribution is 0.501. The van der Waals surface area contributed by atoms with Crippen molar-refractivity contribution in [2.24, 2.45) is 0 Å². The lowest BCUT2D eigenvalue weighted by Crippen LogP contribution is -2.21. The maximum Gasteiger partial charge on any atom is 0.123 e. The SMILES string of the molecule is CCCNC(CCC)c1ccc(-c2ccc(F)cc2C)s1. The molecule has 0 bridgehead atoms.